The molecule has 122 valence electrons. The van der Waals surface area contributed by atoms with Gasteiger partial charge in [-0.3, -0.25) is 4.79 Å². The Kier molecular flexibility index (Phi) is 4.84. The average molecular weight is 302 g/mol. The molecule has 1 amide bonds. The maximum atomic E-state index is 12.1. The van der Waals surface area contributed by atoms with Crippen molar-refractivity contribution in [2.45, 2.75) is 65.5 Å². The highest BCUT2D eigenvalue weighted by Crippen LogP contribution is 2.27. The highest BCUT2D eigenvalue weighted by Gasteiger charge is 2.32. The second kappa shape index (κ2) is 6.31. The molecule has 0 aromatic heterocycles. The van der Waals surface area contributed by atoms with Crippen molar-refractivity contribution in [3.63, 3.8) is 0 Å². The zero-order valence-electron chi connectivity index (χ0n) is 14.9. The van der Waals surface area contributed by atoms with E-state index in [1.165, 1.54) is 11.3 Å². The van der Waals surface area contributed by atoms with Gasteiger partial charge in [0.2, 0.25) is 5.91 Å². The predicted octanol–water partition coefficient (Wildman–Crippen LogP) is 3.82. The number of piperazine rings is 1. The van der Waals surface area contributed by atoms with Gasteiger partial charge in [-0.1, -0.05) is 39.8 Å². The topological polar surface area (TPSA) is 23.6 Å². The highest BCUT2D eigenvalue weighted by atomic mass is 16.2. The van der Waals surface area contributed by atoms with E-state index in [0.717, 1.165) is 13.1 Å². The van der Waals surface area contributed by atoms with E-state index in [0.29, 0.717) is 6.42 Å². The second-order valence-electron chi connectivity index (χ2n) is 7.55. The van der Waals surface area contributed by atoms with E-state index in [4.69, 9.17) is 0 Å². The molecule has 1 fully saturated rings. The molecule has 0 bridgehead atoms. The van der Waals surface area contributed by atoms with Gasteiger partial charge in [-0.15, -0.1) is 0 Å². The van der Waals surface area contributed by atoms with Crippen molar-refractivity contribution >= 4 is 11.6 Å². The summed E-state index contributed by atoms with van der Waals surface area (Å²) in [6.07, 6.45) is 0.592. The molecule has 1 saturated heterocycles. The standard InChI is InChI=1S/C19H30N2O/c1-7-18(22)21-14(2)12-20(13-15(21)3)17-10-8-16(9-11-17)19(4,5)6/h8-11,14-15H,7,12-13H2,1-6H3/t14-,15+. The molecule has 1 aliphatic heterocycles. The van der Waals surface area contributed by atoms with Crippen LogP contribution in [-0.4, -0.2) is 36.0 Å². The minimum Gasteiger partial charge on any atom is -0.367 e. The van der Waals surface area contributed by atoms with Crippen LogP contribution in [0.15, 0.2) is 24.3 Å². The van der Waals surface area contributed by atoms with E-state index >= 15 is 0 Å². The Bertz CT molecular complexity index is 503. The fourth-order valence-electron chi connectivity index (χ4n) is 3.38. The summed E-state index contributed by atoms with van der Waals surface area (Å²) in [6.45, 7) is 14.8. The fourth-order valence-corrected chi connectivity index (χ4v) is 3.38. The fraction of sp³-hybridized carbons (Fsp3) is 0.632. The first kappa shape index (κ1) is 16.9. The van der Waals surface area contributed by atoms with Gasteiger partial charge in [0.15, 0.2) is 0 Å². The maximum absolute atomic E-state index is 12.1. The van der Waals surface area contributed by atoms with Crippen LogP contribution in [-0.2, 0) is 10.2 Å². The third-order valence-corrected chi connectivity index (χ3v) is 4.61. The number of hydrogen-bond donors (Lipinski definition) is 0. The number of rotatable bonds is 2. The van der Waals surface area contributed by atoms with E-state index in [-0.39, 0.29) is 23.4 Å². The summed E-state index contributed by atoms with van der Waals surface area (Å²) in [7, 11) is 0. The van der Waals surface area contributed by atoms with Crippen LogP contribution in [0.25, 0.3) is 0 Å². The Morgan fingerprint density at radius 1 is 1.09 bits per heavy atom. The zero-order chi connectivity index (χ0) is 16.5. The third-order valence-electron chi connectivity index (χ3n) is 4.61. The quantitative estimate of drug-likeness (QED) is 0.829. The Labute approximate surface area is 135 Å². The molecule has 22 heavy (non-hydrogen) atoms. The van der Waals surface area contributed by atoms with Gasteiger partial charge in [0.25, 0.3) is 0 Å². The van der Waals surface area contributed by atoms with Crippen molar-refractivity contribution in [3.05, 3.63) is 29.8 Å². The molecule has 1 aromatic carbocycles. The normalized spacial score (nSPS) is 22.8. The lowest BCUT2D eigenvalue weighted by atomic mass is 9.87. The van der Waals surface area contributed by atoms with Crippen LogP contribution >= 0.6 is 0 Å². The van der Waals surface area contributed by atoms with Crippen molar-refractivity contribution in [1.29, 1.82) is 0 Å². The minimum absolute atomic E-state index is 0.186. The molecule has 0 saturated carbocycles. The summed E-state index contributed by atoms with van der Waals surface area (Å²) < 4.78 is 0. The van der Waals surface area contributed by atoms with Crippen molar-refractivity contribution in [1.82, 2.24) is 4.90 Å². The van der Waals surface area contributed by atoms with Gasteiger partial charge in [0.1, 0.15) is 0 Å². The van der Waals surface area contributed by atoms with Crippen LogP contribution in [0, 0.1) is 0 Å². The molecule has 0 N–H and O–H groups in total. The Balaban J connectivity index is 2.13. The molecular formula is C19H30N2O. The van der Waals surface area contributed by atoms with Crippen molar-refractivity contribution in [2.75, 3.05) is 18.0 Å². The van der Waals surface area contributed by atoms with Crippen molar-refractivity contribution in [3.8, 4) is 0 Å². The van der Waals surface area contributed by atoms with Crippen LogP contribution in [0.3, 0.4) is 0 Å². The van der Waals surface area contributed by atoms with E-state index in [1.54, 1.807) is 0 Å². The maximum Gasteiger partial charge on any atom is 0.222 e. The van der Waals surface area contributed by atoms with Crippen LogP contribution in [0.4, 0.5) is 5.69 Å². The van der Waals surface area contributed by atoms with E-state index in [9.17, 15) is 4.79 Å². The van der Waals surface area contributed by atoms with Gasteiger partial charge in [-0.25, -0.2) is 0 Å². The molecular weight excluding hydrogens is 272 g/mol. The van der Waals surface area contributed by atoms with Gasteiger partial charge >= 0.3 is 0 Å². The monoisotopic (exact) mass is 302 g/mol. The molecule has 0 spiro atoms. The number of hydrogen-bond acceptors (Lipinski definition) is 2. The molecule has 1 heterocycles. The highest BCUT2D eigenvalue weighted by molar-refractivity contribution is 5.77. The summed E-state index contributed by atoms with van der Waals surface area (Å²) in [5.41, 5.74) is 2.80. The molecule has 0 aliphatic carbocycles. The number of carbonyl (C=O) groups is 1. The Morgan fingerprint density at radius 3 is 2.00 bits per heavy atom. The lowest BCUT2D eigenvalue weighted by Gasteiger charge is -2.45. The first-order chi connectivity index (χ1) is 10.2. The number of amides is 1. The zero-order valence-corrected chi connectivity index (χ0v) is 14.9. The summed E-state index contributed by atoms with van der Waals surface area (Å²) in [5.74, 6) is 0.266. The van der Waals surface area contributed by atoms with Gasteiger partial charge in [-0.05, 0) is 37.0 Å². The number of carbonyl (C=O) groups excluding carboxylic acids is 1. The molecule has 2 atom stereocenters. The summed E-state index contributed by atoms with van der Waals surface area (Å²) in [5, 5.41) is 0. The molecule has 0 radical (unpaired) electrons. The summed E-state index contributed by atoms with van der Waals surface area (Å²) in [4.78, 5) is 16.6. The SMILES string of the molecule is CCC(=O)N1[C@H](C)CN(c2ccc(C(C)(C)C)cc2)C[C@@H]1C. The van der Waals surface area contributed by atoms with Crippen LogP contribution in [0.2, 0.25) is 0 Å². The Morgan fingerprint density at radius 2 is 1.59 bits per heavy atom. The van der Waals surface area contributed by atoms with E-state index < -0.39 is 0 Å². The van der Waals surface area contributed by atoms with Crippen LogP contribution in [0.5, 0.6) is 0 Å². The molecule has 3 heteroatoms. The number of benzene rings is 1. The van der Waals surface area contributed by atoms with Gasteiger partial charge < -0.3 is 9.80 Å². The first-order valence-electron chi connectivity index (χ1n) is 8.40. The second-order valence-corrected chi connectivity index (χ2v) is 7.55. The van der Waals surface area contributed by atoms with Crippen molar-refractivity contribution < 1.29 is 4.79 Å². The van der Waals surface area contributed by atoms with Gasteiger partial charge in [0.05, 0.1) is 0 Å². The largest absolute Gasteiger partial charge is 0.367 e. The lowest BCUT2D eigenvalue weighted by Crippen LogP contribution is -2.58. The van der Waals surface area contributed by atoms with Crippen LogP contribution < -0.4 is 4.90 Å². The average Bonchev–Trinajstić information content (AvgIpc) is 2.45. The summed E-state index contributed by atoms with van der Waals surface area (Å²) in [6, 6.07) is 9.42. The summed E-state index contributed by atoms with van der Waals surface area (Å²) >= 11 is 0. The smallest absolute Gasteiger partial charge is 0.222 e. The van der Waals surface area contributed by atoms with Gasteiger partial charge in [-0.2, -0.15) is 0 Å². The Hall–Kier alpha value is -1.51. The third kappa shape index (κ3) is 3.45. The lowest BCUT2D eigenvalue weighted by molar-refractivity contribution is -0.135. The van der Waals surface area contributed by atoms with Crippen LogP contribution in [0.1, 0.15) is 53.5 Å². The molecule has 2 rings (SSSR count). The van der Waals surface area contributed by atoms with Gasteiger partial charge in [0, 0.05) is 37.3 Å². The van der Waals surface area contributed by atoms with E-state index in [1.807, 2.05) is 6.92 Å². The molecule has 0 unspecified atom stereocenters. The van der Waals surface area contributed by atoms with E-state index in [2.05, 4.69) is 68.7 Å². The minimum atomic E-state index is 0.186. The number of anilines is 1. The first-order valence-corrected chi connectivity index (χ1v) is 8.40. The molecule has 3 nitrogen and oxygen atoms in total. The number of nitrogens with zero attached hydrogens (tertiary/aromatic N) is 2. The molecule has 1 aliphatic rings. The van der Waals surface area contributed by atoms with Crippen molar-refractivity contribution in [2.24, 2.45) is 0 Å². The predicted molar refractivity (Wildman–Crippen MR) is 93.4 cm³/mol. The molecule has 1 aromatic rings.